The van der Waals surface area contributed by atoms with E-state index in [1.54, 1.807) is 6.07 Å². The second kappa shape index (κ2) is 8.58. The van der Waals surface area contributed by atoms with Gasteiger partial charge in [-0.05, 0) is 30.2 Å². The summed E-state index contributed by atoms with van der Waals surface area (Å²) < 4.78 is 6.80. The highest BCUT2D eigenvalue weighted by Crippen LogP contribution is 2.13. The van der Waals surface area contributed by atoms with Crippen molar-refractivity contribution in [2.45, 2.75) is 13.5 Å². The molecule has 2 aromatic heterocycles. The van der Waals surface area contributed by atoms with E-state index in [1.165, 1.54) is 23.2 Å². The molecule has 0 aliphatic rings. The van der Waals surface area contributed by atoms with Gasteiger partial charge in [0.15, 0.2) is 5.76 Å². The Morgan fingerprint density at radius 1 is 1.32 bits per heavy atom. The zero-order chi connectivity index (χ0) is 19.9. The van der Waals surface area contributed by atoms with Gasteiger partial charge in [0.2, 0.25) is 0 Å². The molecule has 0 aliphatic heterocycles. The number of nitrogens with one attached hydrogen (secondary N) is 1. The van der Waals surface area contributed by atoms with Crippen LogP contribution >= 0.6 is 0 Å². The number of allylic oxidation sites excluding steroid dienone is 1. The van der Waals surface area contributed by atoms with Crippen molar-refractivity contribution >= 4 is 23.9 Å². The van der Waals surface area contributed by atoms with Crippen LogP contribution in [0.4, 0.5) is 5.69 Å². The Hall–Kier alpha value is -4.01. The summed E-state index contributed by atoms with van der Waals surface area (Å²) in [5, 5.41) is 18.5. The number of aromatic nitrogens is 2. The molecule has 0 unspecified atom stereocenters. The number of hydrogen-bond acceptors (Lipinski definition) is 6. The molecule has 0 saturated carbocycles. The highest BCUT2D eigenvalue weighted by Gasteiger charge is 2.13. The Kier molecular flexibility index (Phi) is 5.75. The van der Waals surface area contributed by atoms with E-state index in [2.05, 4.69) is 15.6 Å². The largest absolute Gasteiger partial charge is 0.454 e. The number of carbonyl (C=O) groups is 1. The van der Waals surface area contributed by atoms with Crippen molar-refractivity contribution < 1.29 is 14.1 Å². The standard InChI is InChI=1S/C19H17N5O4/c1-14(9-15-5-3-2-4-6-15)10-20-22-19(25)18-8-7-17(28-18)13-23-12-16(11-21-23)24(26)27/h2-12H,13H2,1H3,(H,22,25). The number of nitro groups is 1. The van der Waals surface area contributed by atoms with E-state index in [4.69, 9.17) is 4.42 Å². The topological polar surface area (TPSA) is 116 Å². The molecule has 0 atom stereocenters. The lowest BCUT2D eigenvalue weighted by molar-refractivity contribution is -0.385. The molecule has 1 aromatic carbocycles. The van der Waals surface area contributed by atoms with Crippen LogP contribution in [0.5, 0.6) is 0 Å². The van der Waals surface area contributed by atoms with Crippen LogP contribution in [0, 0.1) is 10.1 Å². The molecule has 0 saturated heterocycles. The van der Waals surface area contributed by atoms with Crippen LogP contribution in [-0.4, -0.2) is 26.8 Å². The Morgan fingerprint density at radius 3 is 2.82 bits per heavy atom. The van der Waals surface area contributed by atoms with Gasteiger partial charge in [0, 0.05) is 0 Å². The second-order valence-corrected chi connectivity index (χ2v) is 5.92. The van der Waals surface area contributed by atoms with Gasteiger partial charge in [-0.25, -0.2) is 5.43 Å². The maximum absolute atomic E-state index is 12.1. The Labute approximate surface area is 160 Å². The number of carbonyl (C=O) groups excluding carboxylic acids is 1. The summed E-state index contributed by atoms with van der Waals surface area (Å²) in [7, 11) is 0. The first-order valence-electron chi connectivity index (χ1n) is 8.33. The molecule has 0 fully saturated rings. The summed E-state index contributed by atoms with van der Waals surface area (Å²) in [6, 6.07) is 12.9. The van der Waals surface area contributed by atoms with Crippen LogP contribution in [0.15, 0.2) is 69.9 Å². The number of hydrazone groups is 1. The average Bonchev–Trinajstić information content (AvgIpc) is 3.32. The first kappa shape index (κ1) is 18.8. The van der Waals surface area contributed by atoms with Gasteiger partial charge in [-0.3, -0.25) is 19.6 Å². The number of rotatable bonds is 7. The van der Waals surface area contributed by atoms with Crippen molar-refractivity contribution in [3.63, 3.8) is 0 Å². The summed E-state index contributed by atoms with van der Waals surface area (Å²) in [5.41, 5.74) is 4.18. The minimum absolute atomic E-state index is 0.0819. The van der Waals surface area contributed by atoms with Crippen LogP contribution in [0.2, 0.25) is 0 Å². The van der Waals surface area contributed by atoms with Crippen LogP contribution in [0.1, 0.15) is 28.8 Å². The number of hydrogen-bond donors (Lipinski definition) is 1. The minimum atomic E-state index is -0.531. The summed E-state index contributed by atoms with van der Waals surface area (Å²) in [6.07, 6.45) is 5.91. The Balaban J connectivity index is 1.56. The third kappa shape index (κ3) is 5.01. The van der Waals surface area contributed by atoms with Gasteiger partial charge in [0.1, 0.15) is 18.2 Å². The lowest BCUT2D eigenvalue weighted by Crippen LogP contribution is -2.16. The monoisotopic (exact) mass is 379 g/mol. The maximum Gasteiger partial charge on any atom is 0.307 e. The molecule has 0 spiro atoms. The predicted molar refractivity (Wildman–Crippen MR) is 103 cm³/mol. The molecule has 1 N–H and O–H groups in total. The van der Waals surface area contributed by atoms with Crippen LogP contribution in [0.3, 0.4) is 0 Å². The van der Waals surface area contributed by atoms with Gasteiger partial charge in [0.05, 0.1) is 17.7 Å². The summed E-state index contributed by atoms with van der Waals surface area (Å²) >= 11 is 0. The highest BCUT2D eigenvalue weighted by atomic mass is 16.6. The van der Waals surface area contributed by atoms with Crippen molar-refractivity contribution in [1.29, 1.82) is 0 Å². The smallest absolute Gasteiger partial charge is 0.307 e. The minimum Gasteiger partial charge on any atom is -0.454 e. The molecule has 0 aliphatic carbocycles. The zero-order valence-corrected chi connectivity index (χ0v) is 15.0. The van der Waals surface area contributed by atoms with Crippen LogP contribution in [0.25, 0.3) is 6.08 Å². The van der Waals surface area contributed by atoms with Gasteiger partial charge >= 0.3 is 11.6 Å². The van der Waals surface area contributed by atoms with E-state index in [0.29, 0.717) is 5.76 Å². The van der Waals surface area contributed by atoms with Crippen molar-refractivity contribution in [3.8, 4) is 0 Å². The molecule has 0 bridgehead atoms. The van der Waals surface area contributed by atoms with Crippen molar-refractivity contribution in [1.82, 2.24) is 15.2 Å². The van der Waals surface area contributed by atoms with E-state index in [-0.39, 0.29) is 18.0 Å². The van der Waals surface area contributed by atoms with Crippen molar-refractivity contribution in [2.24, 2.45) is 5.10 Å². The van der Waals surface area contributed by atoms with Gasteiger partial charge in [-0.15, -0.1) is 0 Å². The molecule has 28 heavy (non-hydrogen) atoms. The van der Waals surface area contributed by atoms with Crippen molar-refractivity contribution in [3.05, 3.63) is 87.6 Å². The van der Waals surface area contributed by atoms with Gasteiger partial charge < -0.3 is 4.42 Å². The third-order valence-corrected chi connectivity index (χ3v) is 3.66. The molecule has 1 amide bonds. The Bertz CT molecular complexity index is 1030. The quantitative estimate of drug-likeness (QED) is 0.384. The maximum atomic E-state index is 12.1. The highest BCUT2D eigenvalue weighted by molar-refractivity contribution is 5.92. The molecule has 142 valence electrons. The first-order valence-corrected chi connectivity index (χ1v) is 8.33. The van der Waals surface area contributed by atoms with E-state index in [1.807, 2.05) is 43.3 Å². The fourth-order valence-corrected chi connectivity index (χ4v) is 2.38. The normalized spacial score (nSPS) is 11.7. The lowest BCUT2D eigenvalue weighted by Gasteiger charge is -1.98. The van der Waals surface area contributed by atoms with Crippen molar-refractivity contribution in [2.75, 3.05) is 0 Å². The number of benzene rings is 1. The molecule has 3 rings (SSSR count). The molecular weight excluding hydrogens is 362 g/mol. The third-order valence-electron chi connectivity index (χ3n) is 3.66. The number of amides is 1. The lowest BCUT2D eigenvalue weighted by atomic mass is 10.1. The van der Waals surface area contributed by atoms with Crippen LogP contribution in [-0.2, 0) is 6.54 Å². The van der Waals surface area contributed by atoms with E-state index < -0.39 is 10.8 Å². The first-order chi connectivity index (χ1) is 13.5. The fourth-order valence-electron chi connectivity index (χ4n) is 2.38. The van der Waals surface area contributed by atoms with Gasteiger partial charge in [-0.1, -0.05) is 36.4 Å². The summed E-state index contributed by atoms with van der Waals surface area (Å²) in [4.78, 5) is 22.2. The Morgan fingerprint density at radius 2 is 2.11 bits per heavy atom. The molecule has 2 heterocycles. The van der Waals surface area contributed by atoms with E-state index in [9.17, 15) is 14.9 Å². The van der Waals surface area contributed by atoms with E-state index >= 15 is 0 Å². The molecule has 9 nitrogen and oxygen atoms in total. The van der Waals surface area contributed by atoms with Gasteiger partial charge in [-0.2, -0.15) is 10.2 Å². The van der Waals surface area contributed by atoms with Gasteiger partial charge in [0.25, 0.3) is 0 Å². The fraction of sp³-hybridized carbons (Fsp3) is 0.105. The number of furan rings is 1. The predicted octanol–water partition coefficient (Wildman–Crippen LogP) is 3.25. The van der Waals surface area contributed by atoms with Crippen LogP contribution < -0.4 is 5.43 Å². The summed E-state index contributed by atoms with van der Waals surface area (Å²) in [5.74, 6) is 0.0206. The molecule has 3 aromatic rings. The number of nitrogens with zero attached hydrogens (tertiary/aromatic N) is 4. The average molecular weight is 379 g/mol. The molecular formula is C19H17N5O4. The summed E-state index contributed by atoms with van der Waals surface area (Å²) in [6.45, 7) is 2.04. The second-order valence-electron chi connectivity index (χ2n) is 5.92. The SMILES string of the molecule is CC(C=NNC(=O)c1ccc(Cn2cc([N+](=O)[O-])cn2)o1)=Cc1ccccc1. The molecule has 9 heteroatoms. The molecule has 0 radical (unpaired) electrons. The van der Waals surface area contributed by atoms with E-state index in [0.717, 1.165) is 17.3 Å². The zero-order valence-electron chi connectivity index (χ0n) is 15.0.